The van der Waals surface area contributed by atoms with Gasteiger partial charge in [-0.3, -0.25) is 19.9 Å². The van der Waals surface area contributed by atoms with Crippen molar-refractivity contribution >= 4 is 17.6 Å². The highest BCUT2D eigenvalue weighted by Gasteiger charge is 2.48. The van der Waals surface area contributed by atoms with Crippen molar-refractivity contribution < 1.29 is 22.8 Å². The molecule has 6 N–H and O–H groups in total. The quantitative estimate of drug-likeness (QED) is 0.330. The number of nitrogens with two attached hydrogens (primary N) is 2. The number of carbonyl (C=O) groups is 2. The lowest BCUT2D eigenvalue weighted by Crippen LogP contribution is -2.52. The zero-order valence-corrected chi connectivity index (χ0v) is 20.4. The molecule has 0 aromatic heterocycles. The molecule has 0 aromatic carbocycles. The minimum atomic E-state index is -4.16. The summed E-state index contributed by atoms with van der Waals surface area (Å²) in [5.74, 6) is -0.660. The van der Waals surface area contributed by atoms with E-state index in [0.717, 1.165) is 57.9 Å². The van der Waals surface area contributed by atoms with Crippen molar-refractivity contribution in [2.75, 3.05) is 6.54 Å². The molecule has 3 saturated carbocycles. The highest BCUT2D eigenvalue weighted by Crippen LogP contribution is 2.44. The van der Waals surface area contributed by atoms with E-state index >= 15 is 0 Å². The molecule has 0 spiro atoms. The number of likely N-dealkylation sites (tertiary alicyclic amines) is 1. The van der Waals surface area contributed by atoms with Crippen LogP contribution in [0, 0.1) is 35.0 Å². The molecule has 0 radical (unpaired) electrons. The van der Waals surface area contributed by atoms with Gasteiger partial charge in [-0.15, -0.1) is 0 Å². The zero-order valence-electron chi connectivity index (χ0n) is 20.4. The lowest BCUT2D eigenvalue weighted by atomic mass is 9.77. The van der Waals surface area contributed by atoms with Crippen molar-refractivity contribution in [1.29, 1.82) is 5.41 Å². The maximum absolute atomic E-state index is 13.4. The van der Waals surface area contributed by atoms with Crippen LogP contribution in [-0.4, -0.2) is 53.4 Å². The summed E-state index contributed by atoms with van der Waals surface area (Å²) >= 11 is 0. The number of amidine groups is 1. The molecule has 4 atom stereocenters. The number of nitrogens with one attached hydrogen (secondary N) is 2. The van der Waals surface area contributed by atoms with E-state index in [0.29, 0.717) is 24.7 Å². The Morgan fingerprint density at radius 3 is 2.09 bits per heavy atom. The van der Waals surface area contributed by atoms with Crippen LogP contribution in [0.3, 0.4) is 0 Å². The smallest absolute Gasteiger partial charge is 0.387 e. The third kappa shape index (κ3) is 6.12. The molecule has 4 fully saturated rings. The van der Waals surface area contributed by atoms with Crippen LogP contribution in [0.2, 0.25) is 0 Å². The molecule has 1 aliphatic heterocycles. The minimum absolute atomic E-state index is 0.0313. The Morgan fingerprint density at radius 1 is 0.886 bits per heavy atom. The molecular formula is C25H40F3N5O2. The minimum Gasteiger partial charge on any atom is -0.387 e. The van der Waals surface area contributed by atoms with Crippen molar-refractivity contribution in [3.05, 3.63) is 0 Å². The number of hydrogen-bond donors (Lipinski definition) is 4. The third-order valence-electron chi connectivity index (χ3n) is 9.31. The number of amides is 2. The van der Waals surface area contributed by atoms with E-state index < -0.39 is 12.1 Å². The molecule has 35 heavy (non-hydrogen) atoms. The molecule has 4 aliphatic rings. The summed E-state index contributed by atoms with van der Waals surface area (Å²) in [5, 5.41) is 11.0. The van der Waals surface area contributed by atoms with E-state index in [1.165, 1.54) is 0 Å². The van der Waals surface area contributed by atoms with Gasteiger partial charge >= 0.3 is 6.18 Å². The number of primary amides is 1. The Balaban J connectivity index is 1.41. The molecule has 0 bridgehead atoms. The lowest BCUT2D eigenvalue weighted by Gasteiger charge is -2.40. The summed E-state index contributed by atoms with van der Waals surface area (Å²) in [6.45, 7) is 0.760. The van der Waals surface area contributed by atoms with Crippen molar-refractivity contribution in [3.8, 4) is 0 Å². The molecular weight excluding hydrogens is 459 g/mol. The fourth-order valence-corrected chi connectivity index (χ4v) is 7.14. The first kappa shape index (κ1) is 26.2. The summed E-state index contributed by atoms with van der Waals surface area (Å²) < 4.78 is 39.1. The maximum Gasteiger partial charge on any atom is 0.391 e. The molecule has 10 heteroatoms. The van der Waals surface area contributed by atoms with Crippen LogP contribution >= 0.6 is 0 Å². The van der Waals surface area contributed by atoms with E-state index in [4.69, 9.17) is 16.9 Å². The van der Waals surface area contributed by atoms with Gasteiger partial charge < -0.3 is 16.8 Å². The summed E-state index contributed by atoms with van der Waals surface area (Å²) in [7, 11) is 0. The topological polar surface area (TPSA) is 125 Å². The van der Waals surface area contributed by atoms with Crippen molar-refractivity contribution in [1.82, 2.24) is 10.2 Å². The zero-order chi connectivity index (χ0) is 25.3. The van der Waals surface area contributed by atoms with Crippen LogP contribution in [-0.2, 0) is 9.59 Å². The fourth-order valence-electron chi connectivity index (χ4n) is 7.14. The first-order chi connectivity index (χ1) is 16.5. The second-order valence-electron chi connectivity index (χ2n) is 11.5. The Kier molecular flexibility index (Phi) is 7.98. The van der Waals surface area contributed by atoms with Gasteiger partial charge in [-0.05, 0) is 88.9 Å². The average Bonchev–Trinajstić information content (AvgIpc) is 3.17. The van der Waals surface area contributed by atoms with E-state index in [1.54, 1.807) is 0 Å². The molecule has 3 aliphatic carbocycles. The van der Waals surface area contributed by atoms with Crippen LogP contribution < -0.4 is 16.8 Å². The number of rotatable bonds is 6. The van der Waals surface area contributed by atoms with Crippen LogP contribution in [0.25, 0.3) is 0 Å². The van der Waals surface area contributed by atoms with Gasteiger partial charge in [0.15, 0.2) is 0 Å². The second-order valence-corrected chi connectivity index (χ2v) is 11.5. The lowest BCUT2D eigenvalue weighted by molar-refractivity contribution is -0.182. The molecule has 4 rings (SSSR count). The second kappa shape index (κ2) is 10.6. The Morgan fingerprint density at radius 2 is 1.51 bits per heavy atom. The number of fused-ring (bicyclic) bond motifs is 1. The van der Waals surface area contributed by atoms with Crippen molar-refractivity contribution in [2.45, 2.75) is 101 Å². The van der Waals surface area contributed by atoms with Gasteiger partial charge in [0.1, 0.15) is 0 Å². The number of alkyl halides is 3. The monoisotopic (exact) mass is 499 g/mol. The van der Waals surface area contributed by atoms with Crippen LogP contribution in [0.5, 0.6) is 0 Å². The predicted octanol–water partition coefficient (Wildman–Crippen LogP) is 3.31. The summed E-state index contributed by atoms with van der Waals surface area (Å²) in [4.78, 5) is 27.3. The summed E-state index contributed by atoms with van der Waals surface area (Å²) in [6, 6.07) is -0.324. The highest BCUT2D eigenvalue weighted by atomic mass is 19.4. The first-order valence-electron chi connectivity index (χ1n) is 13.3. The first-order valence-corrected chi connectivity index (χ1v) is 13.3. The van der Waals surface area contributed by atoms with E-state index in [9.17, 15) is 22.8 Å². The Bertz CT molecular complexity index is 790. The van der Waals surface area contributed by atoms with E-state index in [1.807, 2.05) is 0 Å². The molecule has 1 heterocycles. The largest absolute Gasteiger partial charge is 0.391 e. The maximum atomic E-state index is 13.4. The van der Waals surface area contributed by atoms with Crippen LogP contribution in [0.15, 0.2) is 0 Å². The SMILES string of the molecule is N=C(N)C1CCC2CC(C(=O)NC3CCC(C(F)(F)F)CC3)N(CC3CCC(C(N)=O)CC3)C2C1. The van der Waals surface area contributed by atoms with Gasteiger partial charge in [0.2, 0.25) is 11.8 Å². The van der Waals surface area contributed by atoms with Gasteiger partial charge in [0, 0.05) is 30.5 Å². The van der Waals surface area contributed by atoms with Gasteiger partial charge in [-0.2, -0.15) is 13.2 Å². The summed E-state index contributed by atoms with van der Waals surface area (Å²) in [6.07, 6.45) is 3.35. The van der Waals surface area contributed by atoms with Crippen molar-refractivity contribution in [3.63, 3.8) is 0 Å². The van der Waals surface area contributed by atoms with Crippen LogP contribution in [0.1, 0.15) is 77.0 Å². The highest BCUT2D eigenvalue weighted by molar-refractivity contribution is 5.83. The normalized spacial score (nSPS) is 38.5. The van der Waals surface area contributed by atoms with Gasteiger partial charge in [0.05, 0.1) is 17.8 Å². The number of hydrogen-bond acceptors (Lipinski definition) is 4. The number of carbonyl (C=O) groups excluding carboxylic acids is 2. The molecule has 7 nitrogen and oxygen atoms in total. The molecule has 0 aromatic rings. The summed E-state index contributed by atoms with van der Waals surface area (Å²) in [5.41, 5.74) is 11.3. The Labute approximate surface area is 205 Å². The van der Waals surface area contributed by atoms with Gasteiger partial charge in [-0.25, -0.2) is 0 Å². The Hall–Kier alpha value is -1.84. The number of nitrogens with zero attached hydrogens (tertiary/aromatic N) is 1. The average molecular weight is 500 g/mol. The van der Waals surface area contributed by atoms with Crippen molar-refractivity contribution in [2.24, 2.45) is 41.1 Å². The molecule has 2 amide bonds. The van der Waals surface area contributed by atoms with E-state index in [-0.39, 0.29) is 60.5 Å². The standard InChI is InChI=1S/C25H40F3N5O2/c26-25(27,28)18-7-9-19(10-8-18)32-24(35)21-11-16-5-6-17(22(29)30)12-20(16)33(21)13-14-1-3-15(4-2-14)23(31)34/h14-21H,1-13H2,(H3,29,30)(H2,31,34)(H,32,35). The fraction of sp³-hybridized carbons (Fsp3) is 0.880. The van der Waals surface area contributed by atoms with E-state index in [2.05, 4.69) is 10.2 Å². The predicted molar refractivity (Wildman–Crippen MR) is 126 cm³/mol. The van der Waals surface area contributed by atoms with Gasteiger partial charge in [-0.1, -0.05) is 0 Å². The number of halogens is 3. The molecule has 4 unspecified atom stereocenters. The molecule has 1 saturated heterocycles. The van der Waals surface area contributed by atoms with Crippen LogP contribution in [0.4, 0.5) is 13.2 Å². The molecule has 198 valence electrons. The van der Waals surface area contributed by atoms with Gasteiger partial charge in [0.25, 0.3) is 0 Å². The third-order valence-corrected chi connectivity index (χ3v) is 9.31.